The molecule has 11 atom stereocenters. The van der Waals surface area contributed by atoms with E-state index in [1.165, 1.54) is 7.05 Å². The average Bonchev–Trinajstić information content (AvgIpc) is 3.01. The maximum absolute atomic E-state index is 13.8. The SMILES string of the molecule is C#CCO[C@@H]1[C@@H](C)[C@H](OC(=O)NCCCN=C(N)NC(=O)NC)[C@@H](C)C(=O)O[C@H](CC)[C@@](C)(O)[C@@H]2OC(C)(C)O[C@H]([C@@H]2C)[C@H](C)C[C@@]1(C)O. The Hall–Kier alpha value is -3.16. The first kappa shape index (κ1) is 42.0. The number of cyclic esters (lactones) is 1. The molecule has 0 aromatic rings. The van der Waals surface area contributed by atoms with Gasteiger partial charge in [-0.3, -0.25) is 15.1 Å². The summed E-state index contributed by atoms with van der Waals surface area (Å²) in [4.78, 5) is 42.4. The molecule has 49 heavy (non-hydrogen) atoms. The summed E-state index contributed by atoms with van der Waals surface area (Å²) in [5.41, 5.74) is 2.48. The van der Waals surface area contributed by atoms with Gasteiger partial charge in [-0.2, -0.15) is 0 Å². The van der Waals surface area contributed by atoms with Gasteiger partial charge >= 0.3 is 18.1 Å². The number of amides is 3. The van der Waals surface area contributed by atoms with E-state index in [0.717, 1.165) is 0 Å². The summed E-state index contributed by atoms with van der Waals surface area (Å²) in [7, 11) is 1.44. The smallest absolute Gasteiger partial charge is 0.407 e. The molecule has 0 aromatic heterocycles. The fourth-order valence-corrected chi connectivity index (χ4v) is 7.12. The molecule has 15 heteroatoms. The molecular formula is C34H59N5O10. The van der Waals surface area contributed by atoms with Crippen LogP contribution in [-0.4, -0.2) is 109 Å². The number of guanidine groups is 1. The molecule has 2 rings (SSSR count). The highest BCUT2D eigenvalue weighted by Crippen LogP contribution is 2.44. The van der Waals surface area contributed by atoms with Crippen molar-refractivity contribution in [3.63, 3.8) is 0 Å². The van der Waals surface area contributed by atoms with E-state index in [0.29, 0.717) is 6.42 Å². The van der Waals surface area contributed by atoms with Gasteiger partial charge in [-0.05, 0) is 59.8 Å². The summed E-state index contributed by atoms with van der Waals surface area (Å²) in [6.07, 6.45) is 1.16. The molecule has 3 amide bonds. The number of ether oxygens (including phenoxy) is 5. The lowest BCUT2D eigenvalue weighted by Gasteiger charge is -2.53. The minimum atomic E-state index is -1.63. The molecule has 0 saturated carbocycles. The second kappa shape index (κ2) is 17.7. The molecule has 2 aliphatic heterocycles. The number of nitrogens with two attached hydrogens (primary N) is 1. The number of carbonyl (C=O) groups excluding carboxylic acids is 3. The largest absolute Gasteiger partial charge is 0.459 e. The Morgan fingerprint density at radius 3 is 2.37 bits per heavy atom. The van der Waals surface area contributed by atoms with E-state index in [-0.39, 0.29) is 50.3 Å². The predicted molar refractivity (Wildman–Crippen MR) is 182 cm³/mol. The number of alkyl carbamates (subject to hydrolysis) is 1. The molecule has 7 N–H and O–H groups in total. The Balaban J connectivity index is 2.46. The molecule has 2 aliphatic rings. The molecule has 15 nitrogen and oxygen atoms in total. The Bertz CT molecular complexity index is 1200. The summed E-state index contributed by atoms with van der Waals surface area (Å²) in [6.45, 7) is 15.9. The number of nitrogens with one attached hydrogen (secondary N) is 3. The fourth-order valence-electron chi connectivity index (χ4n) is 7.12. The maximum Gasteiger partial charge on any atom is 0.407 e. The molecule has 0 radical (unpaired) electrons. The number of urea groups is 1. The normalized spacial score (nSPS) is 37.1. The van der Waals surface area contributed by atoms with E-state index in [1.54, 1.807) is 48.5 Å². The number of hydrogen-bond acceptors (Lipinski definition) is 11. The summed E-state index contributed by atoms with van der Waals surface area (Å²) in [6, 6.07) is -0.511. The van der Waals surface area contributed by atoms with Crippen LogP contribution in [0.15, 0.2) is 4.99 Å². The molecule has 0 aromatic carbocycles. The standard InChI is InChI=1S/C34H59N5O10/c1-12-17-45-26-21(5)25(47-31(42)38-16-14-15-37-29(35)39-30(41)36-11)22(6)28(40)46-23(13-2)34(10,44)27-20(4)24(48-32(7,8)49-27)19(3)18-33(26,9)43/h1,19-27,43-44H,13-18H2,2-11H3,(H,38,42)(H4,35,36,37,39,41)/t19-,20+,21+,22-,23-,24+,25+,26-,27-,33-,34-/m1/s1. The molecular weight excluding hydrogens is 638 g/mol. The molecule has 2 saturated heterocycles. The quantitative estimate of drug-likeness (QED) is 0.0710. The van der Waals surface area contributed by atoms with Crippen molar-refractivity contribution in [1.82, 2.24) is 16.0 Å². The van der Waals surface area contributed by atoms with Crippen molar-refractivity contribution in [3.8, 4) is 12.3 Å². The topological polar surface area (TPSA) is 212 Å². The molecule has 0 aliphatic carbocycles. The van der Waals surface area contributed by atoms with Crippen molar-refractivity contribution in [1.29, 1.82) is 0 Å². The van der Waals surface area contributed by atoms with Crippen LogP contribution < -0.4 is 21.7 Å². The summed E-state index contributed by atoms with van der Waals surface area (Å²) >= 11 is 0. The summed E-state index contributed by atoms with van der Waals surface area (Å²) in [5.74, 6) is -1.91. The third kappa shape index (κ3) is 11.2. The van der Waals surface area contributed by atoms with Gasteiger partial charge in [-0.25, -0.2) is 9.59 Å². The molecule has 280 valence electrons. The number of hydrogen-bond donors (Lipinski definition) is 6. The maximum atomic E-state index is 13.8. The van der Waals surface area contributed by atoms with Crippen molar-refractivity contribution in [3.05, 3.63) is 0 Å². The highest BCUT2D eigenvalue weighted by atomic mass is 16.7. The number of fused-ring (bicyclic) bond motifs is 2. The van der Waals surface area contributed by atoms with Crippen LogP contribution >= 0.6 is 0 Å². The van der Waals surface area contributed by atoms with Gasteiger partial charge in [0.1, 0.15) is 24.4 Å². The minimum absolute atomic E-state index is 0.0773. The van der Waals surface area contributed by atoms with Crippen LogP contribution in [0.3, 0.4) is 0 Å². The third-order valence-corrected chi connectivity index (χ3v) is 9.40. The number of rotatable bonds is 8. The van der Waals surface area contributed by atoms with Crippen LogP contribution in [0.4, 0.5) is 9.59 Å². The van der Waals surface area contributed by atoms with Gasteiger partial charge in [0.2, 0.25) is 0 Å². The molecule has 0 spiro atoms. The van der Waals surface area contributed by atoms with Gasteiger partial charge in [0.25, 0.3) is 0 Å². The van der Waals surface area contributed by atoms with Gasteiger partial charge in [0.05, 0.1) is 29.8 Å². The van der Waals surface area contributed by atoms with Crippen LogP contribution in [0.5, 0.6) is 0 Å². The van der Waals surface area contributed by atoms with Crippen LogP contribution in [0.1, 0.15) is 81.6 Å². The van der Waals surface area contributed by atoms with Crippen LogP contribution in [0.2, 0.25) is 0 Å². The minimum Gasteiger partial charge on any atom is -0.459 e. The van der Waals surface area contributed by atoms with E-state index >= 15 is 0 Å². The summed E-state index contributed by atoms with van der Waals surface area (Å²) < 4.78 is 30.6. The number of aliphatic hydroxyl groups is 2. The first-order valence-electron chi connectivity index (χ1n) is 17.0. The molecule has 2 fully saturated rings. The lowest BCUT2D eigenvalue weighted by Crippen LogP contribution is -2.64. The van der Waals surface area contributed by atoms with E-state index in [1.807, 2.05) is 13.8 Å². The Kier molecular flexibility index (Phi) is 15.1. The number of esters is 1. The molecule has 2 heterocycles. The first-order valence-corrected chi connectivity index (χ1v) is 17.0. The monoisotopic (exact) mass is 697 g/mol. The van der Waals surface area contributed by atoms with Crippen LogP contribution in [-0.2, 0) is 28.5 Å². The number of aliphatic imine (C=N–C) groups is 1. The van der Waals surface area contributed by atoms with Crippen molar-refractivity contribution in [2.75, 3.05) is 26.7 Å². The van der Waals surface area contributed by atoms with Crippen molar-refractivity contribution >= 4 is 24.1 Å². The highest BCUT2D eigenvalue weighted by Gasteiger charge is 2.55. The van der Waals surface area contributed by atoms with Gasteiger partial charge in [-0.15, -0.1) is 6.42 Å². The number of nitrogens with zero attached hydrogens (tertiary/aromatic N) is 1. The fraction of sp³-hybridized carbons (Fsp3) is 0.824. The zero-order chi connectivity index (χ0) is 37.3. The number of carbonyl (C=O) groups is 3. The summed E-state index contributed by atoms with van der Waals surface area (Å²) in [5, 5.41) is 31.4. The second-order valence-electron chi connectivity index (χ2n) is 14.2. The lowest BCUT2D eigenvalue weighted by molar-refractivity contribution is -0.359. The second-order valence-corrected chi connectivity index (χ2v) is 14.2. The lowest BCUT2D eigenvalue weighted by atomic mass is 9.72. The van der Waals surface area contributed by atoms with Gasteiger partial charge < -0.3 is 50.3 Å². The predicted octanol–water partition coefficient (Wildman–Crippen LogP) is 2.03. The third-order valence-electron chi connectivity index (χ3n) is 9.40. The van der Waals surface area contributed by atoms with Crippen molar-refractivity contribution in [2.24, 2.45) is 34.4 Å². The van der Waals surface area contributed by atoms with Crippen molar-refractivity contribution in [2.45, 2.75) is 129 Å². The number of terminal acetylenes is 1. The van der Waals surface area contributed by atoms with Gasteiger partial charge in [0.15, 0.2) is 11.7 Å². The Morgan fingerprint density at radius 1 is 1.12 bits per heavy atom. The van der Waals surface area contributed by atoms with E-state index in [4.69, 9.17) is 35.8 Å². The molecule has 2 bridgehead atoms. The average molecular weight is 698 g/mol. The van der Waals surface area contributed by atoms with Crippen LogP contribution in [0, 0.1) is 36.0 Å². The van der Waals surface area contributed by atoms with Gasteiger partial charge in [0, 0.05) is 32.0 Å². The zero-order valence-electron chi connectivity index (χ0n) is 30.7. The molecule has 0 unspecified atom stereocenters. The Morgan fingerprint density at radius 2 is 1.78 bits per heavy atom. The first-order chi connectivity index (χ1) is 22.7. The highest BCUT2D eigenvalue weighted by molar-refractivity contribution is 5.95. The Labute approximate surface area is 290 Å². The van der Waals surface area contributed by atoms with Gasteiger partial charge in [-0.1, -0.05) is 33.6 Å². The zero-order valence-corrected chi connectivity index (χ0v) is 30.7. The van der Waals surface area contributed by atoms with E-state index in [2.05, 4.69) is 26.9 Å². The van der Waals surface area contributed by atoms with Crippen LogP contribution in [0.25, 0.3) is 0 Å². The van der Waals surface area contributed by atoms with E-state index in [9.17, 15) is 24.6 Å². The van der Waals surface area contributed by atoms with E-state index < -0.39 is 77.4 Å². The van der Waals surface area contributed by atoms with Crippen molar-refractivity contribution < 1.29 is 48.3 Å².